The molecule has 0 saturated carbocycles. The highest BCUT2D eigenvalue weighted by Gasteiger charge is 2.35. The molecule has 5 heterocycles. The molecule has 2 amide bonds. The number of nitrogens with one attached hydrogen (secondary N) is 1. The Morgan fingerprint density at radius 1 is 0.788 bits per heavy atom. The van der Waals surface area contributed by atoms with Crippen LogP contribution in [0.1, 0.15) is 48.8 Å². The number of aliphatic hydroxyl groups is 2. The number of aliphatic hydroxyl groups excluding tert-OH is 2. The minimum Gasteiger partial charge on any atom is -0.508 e. The number of rotatable bonds is 26. The number of terminal acetylenes is 1. The molecule has 0 bridgehead atoms. The maximum atomic E-state index is 14.2. The summed E-state index contributed by atoms with van der Waals surface area (Å²) in [6, 6.07) is 5.08. The number of nitrogens with zero attached hydrogens (tertiary/aromatic N) is 13. The molecule has 66 heavy (non-hydrogen) atoms. The maximum absolute atomic E-state index is 14.2. The van der Waals surface area contributed by atoms with Crippen molar-refractivity contribution >= 4 is 29.7 Å². The normalized spacial score (nSPS) is 15.7. The Morgan fingerprint density at radius 3 is 1.97 bits per heavy atom. The predicted molar refractivity (Wildman–Crippen MR) is 242 cm³/mol. The lowest BCUT2D eigenvalue weighted by Crippen LogP contribution is -2.53. The minimum absolute atomic E-state index is 0.0927. The summed E-state index contributed by atoms with van der Waals surface area (Å²) in [4.78, 5) is 50.1. The highest BCUT2D eigenvalue weighted by Crippen LogP contribution is 2.24. The Morgan fingerprint density at radius 2 is 1.36 bits per heavy atom. The van der Waals surface area contributed by atoms with Crippen molar-refractivity contribution < 1.29 is 39.1 Å². The van der Waals surface area contributed by atoms with Gasteiger partial charge in [-0.05, 0) is 50.4 Å². The van der Waals surface area contributed by atoms with Gasteiger partial charge >= 0.3 is 0 Å². The number of carbonyl (C=O) groups is 2. The second kappa shape index (κ2) is 25.6. The second-order valence-corrected chi connectivity index (χ2v) is 16.0. The van der Waals surface area contributed by atoms with Gasteiger partial charge in [-0.2, -0.15) is 15.0 Å². The van der Waals surface area contributed by atoms with Crippen molar-refractivity contribution in [1.82, 2.24) is 54.7 Å². The van der Waals surface area contributed by atoms with Crippen molar-refractivity contribution in [3.8, 4) is 18.1 Å². The standard InChI is InChI=1S/C43H63N15O8/c1-3-23-64-25-27-66-28-26-65-24-13-45-41-46-42(48-43(47-41)56-20-16-54(17-21-56)40(63)38(32(2)60)58-31-34(49-52-58)6-4-5-12-44)55-18-14-53(15-19-55)39(62)37(29-33-7-9-36(61)10-8-33)57-30-35(11-22-59)50-51-57/h1,7-10,30-32,37-38,59-61H,4-6,11-29,44H2,2H3,(H,45,46,47,48). The third-order valence-corrected chi connectivity index (χ3v) is 11.2. The number of hydrogen-bond acceptors (Lipinski definition) is 19. The van der Waals surface area contributed by atoms with Gasteiger partial charge < -0.3 is 60.2 Å². The van der Waals surface area contributed by atoms with Gasteiger partial charge in [0.1, 0.15) is 18.4 Å². The van der Waals surface area contributed by atoms with Crippen molar-refractivity contribution in [2.75, 3.05) is 127 Å². The summed E-state index contributed by atoms with van der Waals surface area (Å²) in [6.07, 6.45) is 10.6. The molecule has 3 atom stereocenters. The van der Waals surface area contributed by atoms with E-state index in [-0.39, 0.29) is 30.8 Å². The van der Waals surface area contributed by atoms with E-state index < -0.39 is 18.2 Å². The number of piperazine rings is 2. The fourth-order valence-corrected chi connectivity index (χ4v) is 7.57. The van der Waals surface area contributed by atoms with E-state index in [0.717, 1.165) is 24.1 Å². The molecule has 0 spiro atoms. The number of aromatic nitrogens is 9. The Bertz CT molecular complexity index is 2130. The van der Waals surface area contributed by atoms with E-state index in [1.807, 2.05) is 9.80 Å². The van der Waals surface area contributed by atoms with E-state index in [4.69, 9.17) is 41.3 Å². The van der Waals surface area contributed by atoms with E-state index in [1.54, 1.807) is 58.1 Å². The van der Waals surface area contributed by atoms with Gasteiger partial charge in [0.05, 0.1) is 50.5 Å². The van der Waals surface area contributed by atoms with Gasteiger partial charge in [0.25, 0.3) is 0 Å². The average Bonchev–Trinajstić information content (AvgIpc) is 4.00. The summed E-state index contributed by atoms with van der Waals surface area (Å²) < 4.78 is 19.5. The zero-order valence-electron chi connectivity index (χ0n) is 37.6. The van der Waals surface area contributed by atoms with Gasteiger partial charge in [-0.25, -0.2) is 9.36 Å². The number of anilines is 3. The van der Waals surface area contributed by atoms with Crippen LogP contribution in [-0.4, -0.2) is 200 Å². The molecule has 2 fully saturated rings. The van der Waals surface area contributed by atoms with E-state index >= 15 is 0 Å². The van der Waals surface area contributed by atoms with Gasteiger partial charge in [-0.3, -0.25) is 9.59 Å². The Balaban J connectivity index is 1.11. The Labute approximate surface area is 384 Å². The number of unbranched alkanes of at least 4 members (excludes halogenated alkanes) is 1. The molecule has 358 valence electrons. The summed E-state index contributed by atoms with van der Waals surface area (Å²) in [5.41, 5.74) is 7.80. The largest absolute Gasteiger partial charge is 0.508 e. The molecule has 6 rings (SSSR count). The van der Waals surface area contributed by atoms with Gasteiger partial charge in [0.15, 0.2) is 6.04 Å². The van der Waals surface area contributed by atoms with Gasteiger partial charge in [0, 0.05) is 90.7 Å². The van der Waals surface area contributed by atoms with Gasteiger partial charge in [-0.15, -0.1) is 16.6 Å². The van der Waals surface area contributed by atoms with Gasteiger partial charge in [-0.1, -0.05) is 28.5 Å². The third-order valence-electron chi connectivity index (χ3n) is 11.2. The molecule has 2 aliphatic rings. The van der Waals surface area contributed by atoms with Crippen molar-refractivity contribution in [1.29, 1.82) is 0 Å². The highest BCUT2D eigenvalue weighted by molar-refractivity contribution is 5.81. The summed E-state index contributed by atoms with van der Waals surface area (Å²) in [6.45, 7) is 7.87. The average molecular weight is 918 g/mol. The number of ether oxygens (including phenoxy) is 3. The fraction of sp³-hybridized carbons (Fsp3) is 0.605. The van der Waals surface area contributed by atoms with E-state index in [0.29, 0.717) is 141 Å². The number of benzene rings is 1. The van der Waals surface area contributed by atoms with Crippen molar-refractivity contribution in [2.45, 2.75) is 57.2 Å². The van der Waals surface area contributed by atoms with Gasteiger partial charge in [0.2, 0.25) is 29.7 Å². The first-order chi connectivity index (χ1) is 32.2. The van der Waals surface area contributed by atoms with Crippen LogP contribution in [0.5, 0.6) is 5.75 Å². The highest BCUT2D eigenvalue weighted by atomic mass is 16.5. The first kappa shape index (κ1) is 49.4. The van der Waals surface area contributed by atoms with Crippen molar-refractivity contribution in [2.24, 2.45) is 5.73 Å². The number of carbonyl (C=O) groups excluding carboxylic acids is 2. The number of aromatic hydroxyl groups is 1. The lowest BCUT2D eigenvalue weighted by molar-refractivity contribution is -0.138. The molecule has 3 unspecified atom stereocenters. The number of hydrogen-bond donors (Lipinski definition) is 5. The quantitative estimate of drug-likeness (QED) is 0.0376. The molecule has 2 aliphatic heterocycles. The van der Waals surface area contributed by atoms with Crippen LogP contribution >= 0.6 is 0 Å². The molecular weight excluding hydrogens is 855 g/mol. The van der Waals surface area contributed by atoms with Crippen molar-refractivity contribution in [3.63, 3.8) is 0 Å². The lowest BCUT2D eigenvalue weighted by atomic mass is 10.0. The molecule has 4 aromatic rings. The number of aryl methyl sites for hydroxylation is 1. The first-order valence-corrected chi connectivity index (χ1v) is 22.5. The zero-order chi connectivity index (χ0) is 46.7. The Kier molecular flexibility index (Phi) is 19.2. The van der Waals surface area contributed by atoms with Crippen LogP contribution < -0.4 is 20.9 Å². The molecule has 0 radical (unpaired) electrons. The fourth-order valence-electron chi connectivity index (χ4n) is 7.57. The maximum Gasteiger partial charge on any atom is 0.250 e. The third kappa shape index (κ3) is 14.2. The smallest absolute Gasteiger partial charge is 0.250 e. The topological polar surface area (TPSA) is 274 Å². The number of amides is 2. The molecule has 6 N–H and O–H groups in total. The van der Waals surface area contributed by atoms with E-state index in [9.17, 15) is 24.9 Å². The SMILES string of the molecule is C#CCOCCOCCOCCNc1nc(N2CCN(C(=O)C(Cc3ccc(O)cc3)n3cc(CCO)nn3)CC2)nc(N2CCN(C(=O)C(C(C)O)n3cc(CCCCN)nn3)CC2)n1. The molecular formula is C43H63N15O8. The van der Waals surface area contributed by atoms with Crippen LogP contribution in [0, 0.1) is 12.3 Å². The molecule has 3 aromatic heterocycles. The first-order valence-electron chi connectivity index (χ1n) is 22.5. The van der Waals surface area contributed by atoms with E-state index in [2.05, 4.69) is 31.9 Å². The minimum atomic E-state index is -1.00. The van der Waals surface area contributed by atoms with Crippen LogP contribution in [-0.2, 0) is 43.1 Å². The lowest BCUT2D eigenvalue weighted by Gasteiger charge is -2.38. The van der Waals surface area contributed by atoms with Crippen LogP contribution in [0.15, 0.2) is 36.7 Å². The van der Waals surface area contributed by atoms with E-state index in [1.165, 1.54) is 4.68 Å². The molecule has 23 nitrogen and oxygen atoms in total. The predicted octanol–water partition coefficient (Wildman–Crippen LogP) is -0.925. The molecule has 0 aliphatic carbocycles. The van der Waals surface area contributed by atoms with Crippen LogP contribution in [0.3, 0.4) is 0 Å². The summed E-state index contributed by atoms with van der Waals surface area (Å²) >= 11 is 0. The Hall–Kier alpha value is -6.03. The van der Waals surface area contributed by atoms with Crippen LogP contribution in [0.25, 0.3) is 0 Å². The summed E-state index contributed by atoms with van der Waals surface area (Å²) in [5, 5.41) is 50.2. The molecule has 2 saturated heterocycles. The van der Waals surface area contributed by atoms with Crippen molar-refractivity contribution in [3.05, 3.63) is 53.6 Å². The van der Waals surface area contributed by atoms with Crippen LogP contribution in [0.2, 0.25) is 0 Å². The number of nitrogens with two attached hydrogens (primary N) is 1. The molecule has 1 aromatic carbocycles. The molecule has 23 heteroatoms. The zero-order valence-corrected chi connectivity index (χ0v) is 37.6. The van der Waals surface area contributed by atoms with Crippen LogP contribution in [0.4, 0.5) is 17.8 Å². The monoisotopic (exact) mass is 917 g/mol. The number of phenolic OH excluding ortho intramolecular Hbond substituents is 1. The second-order valence-electron chi connectivity index (χ2n) is 16.0. The summed E-state index contributed by atoms with van der Waals surface area (Å²) in [5.74, 6) is 3.36. The summed E-state index contributed by atoms with van der Waals surface area (Å²) in [7, 11) is 0. The number of phenols is 1.